The highest BCUT2D eigenvalue weighted by molar-refractivity contribution is 5.79. The maximum absolute atomic E-state index is 5.91. The summed E-state index contributed by atoms with van der Waals surface area (Å²) < 4.78 is 11.6. The summed E-state index contributed by atoms with van der Waals surface area (Å²) in [5.41, 5.74) is 3.81. The molecule has 3 heteroatoms. The predicted octanol–water partition coefficient (Wildman–Crippen LogP) is 4.81. The van der Waals surface area contributed by atoms with Gasteiger partial charge < -0.3 is 9.47 Å². The van der Waals surface area contributed by atoms with E-state index >= 15 is 0 Å². The van der Waals surface area contributed by atoms with Gasteiger partial charge in [0.25, 0.3) is 0 Å². The molecule has 0 N–H and O–H groups in total. The molecule has 0 aromatic carbocycles. The molecule has 118 valence electrons. The third-order valence-corrected chi connectivity index (χ3v) is 3.42. The van der Waals surface area contributed by atoms with Gasteiger partial charge in [-0.25, -0.2) is 0 Å². The van der Waals surface area contributed by atoms with Gasteiger partial charge in [0.2, 0.25) is 0 Å². The predicted molar refractivity (Wildman–Crippen MR) is 89.6 cm³/mol. The standard InChI is InChI=1S/C18H29NO2/c1-12(2)14(5)8-17(19-13(3)4)10-18-11-20-15(6)9-16(7)21-18/h9-10,16-17H,8,11H2,1-7H3/b18-10-. The SMILES string of the molecule is CC1=CC(C)O/C(=C\C(CC(C)=C(C)C)N=C(C)C)CO1. The minimum atomic E-state index is 0.0376. The maximum atomic E-state index is 5.91. The number of hydrogen-bond acceptors (Lipinski definition) is 3. The molecule has 0 aromatic rings. The van der Waals surface area contributed by atoms with Crippen LogP contribution in [0.15, 0.2) is 39.8 Å². The molecule has 0 aromatic heterocycles. The Morgan fingerprint density at radius 3 is 2.57 bits per heavy atom. The van der Waals surface area contributed by atoms with E-state index in [1.165, 1.54) is 11.1 Å². The Hall–Kier alpha value is -1.51. The van der Waals surface area contributed by atoms with E-state index in [9.17, 15) is 0 Å². The lowest BCUT2D eigenvalue weighted by molar-refractivity contribution is 0.135. The Morgan fingerprint density at radius 2 is 2.00 bits per heavy atom. The lowest BCUT2D eigenvalue weighted by atomic mass is 10.0. The van der Waals surface area contributed by atoms with E-state index in [0.29, 0.717) is 6.61 Å². The van der Waals surface area contributed by atoms with Gasteiger partial charge in [-0.1, -0.05) is 11.1 Å². The molecule has 0 fully saturated rings. The molecule has 3 nitrogen and oxygen atoms in total. The molecule has 0 spiro atoms. The summed E-state index contributed by atoms with van der Waals surface area (Å²) in [7, 11) is 0. The van der Waals surface area contributed by atoms with Crippen LogP contribution in [0.4, 0.5) is 0 Å². The van der Waals surface area contributed by atoms with Crippen molar-refractivity contribution in [1.29, 1.82) is 0 Å². The van der Waals surface area contributed by atoms with E-state index in [1.54, 1.807) is 0 Å². The molecule has 0 bridgehead atoms. The van der Waals surface area contributed by atoms with E-state index in [0.717, 1.165) is 23.7 Å². The molecule has 2 atom stereocenters. The lowest BCUT2D eigenvalue weighted by Crippen LogP contribution is -2.11. The van der Waals surface area contributed by atoms with Crippen molar-refractivity contribution in [3.05, 3.63) is 34.8 Å². The van der Waals surface area contributed by atoms with Gasteiger partial charge in [-0.05, 0) is 67.0 Å². The van der Waals surface area contributed by atoms with Crippen LogP contribution in [0.2, 0.25) is 0 Å². The summed E-state index contributed by atoms with van der Waals surface area (Å²) in [6.45, 7) is 15.0. The average molecular weight is 291 g/mol. The number of rotatable bonds is 4. The van der Waals surface area contributed by atoms with Crippen molar-refractivity contribution >= 4 is 5.71 Å². The van der Waals surface area contributed by atoms with Gasteiger partial charge in [0.15, 0.2) is 0 Å². The molecule has 0 saturated heterocycles. The first-order valence-corrected chi connectivity index (χ1v) is 7.60. The van der Waals surface area contributed by atoms with Crippen LogP contribution in [-0.2, 0) is 9.47 Å². The van der Waals surface area contributed by atoms with Crippen molar-refractivity contribution in [3.8, 4) is 0 Å². The Balaban J connectivity index is 2.92. The second-order valence-corrected chi connectivity index (χ2v) is 6.15. The minimum Gasteiger partial charge on any atom is -0.491 e. The zero-order valence-electron chi connectivity index (χ0n) is 14.5. The van der Waals surface area contributed by atoms with Crippen molar-refractivity contribution in [3.63, 3.8) is 0 Å². The average Bonchev–Trinajstić information content (AvgIpc) is 2.49. The molecule has 0 aliphatic carbocycles. The van der Waals surface area contributed by atoms with Crippen molar-refractivity contribution in [1.82, 2.24) is 0 Å². The Labute approximate surface area is 129 Å². The Kier molecular flexibility index (Phi) is 6.73. The van der Waals surface area contributed by atoms with Gasteiger partial charge in [0.05, 0.1) is 11.8 Å². The first kappa shape index (κ1) is 17.5. The first-order chi connectivity index (χ1) is 9.77. The first-order valence-electron chi connectivity index (χ1n) is 7.60. The van der Waals surface area contributed by atoms with Gasteiger partial charge in [-0.15, -0.1) is 0 Å². The van der Waals surface area contributed by atoms with Crippen LogP contribution in [0.3, 0.4) is 0 Å². The van der Waals surface area contributed by atoms with Crippen LogP contribution in [0.25, 0.3) is 0 Å². The zero-order valence-corrected chi connectivity index (χ0v) is 14.5. The van der Waals surface area contributed by atoms with Crippen molar-refractivity contribution in [2.75, 3.05) is 6.61 Å². The van der Waals surface area contributed by atoms with Crippen LogP contribution >= 0.6 is 0 Å². The highest BCUT2D eigenvalue weighted by Crippen LogP contribution is 2.19. The van der Waals surface area contributed by atoms with Gasteiger partial charge in [0.1, 0.15) is 18.5 Å². The monoisotopic (exact) mass is 291 g/mol. The van der Waals surface area contributed by atoms with Crippen LogP contribution in [-0.4, -0.2) is 24.5 Å². The van der Waals surface area contributed by atoms with Crippen LogP contribution in [0.1, 0.15) is 54.9 Å². The normalized spacial score (nSPS) is 21.6. The third kappa shape index (κ3) is 6.65. The summed E-state index contributed by atoms with van der Waals surface area (Å²) in [5, 5.41) is 0. The summed E-state index contributed by atoms with van der Waals surface area (Å²) in [4.78, 5) is 4.72. The summed E-state index contributed by atoms with van der Waals surface area (Å²) >= 11 is 0. The highest BCUT2D eigenvalue weighted by atomic mass is 16.5. The number of allylic oxidation sites excluding steroid dienone is 2. The fraction of sp³-hybridized carbons (Fsp3) is 0.611. The second-order valence-electron chi connectivity index (χ2n) is 6.15. The lowest BCUT2D eigenvalue weighted by Gasteiger charge is -2.15. The van der Waals surface area contributed by atoms with Crippen LogP contribution in [0.5, 0.6) is 0 Å². The quantitative estimate of drug-likeness (QED) is 0.550. The van der Waals surface area contributed by atoms with E-state index in [2.05, 4.69) is 26.8 Å². The van der Waals surface area contributed by atoms with Crippen molar-refractivity contribution in [2.24, 2.45) is 4.99 Å². The molecule has 0 saturated carbocycles. The number of hydrogen-bond donors (Lipinski definition) is 0. The Bertz CT molecular complexity index is 475. The van der Waals surface area contributed by atoms with E-state index < -0.39 is 0 Å². The molecular formula is C18H29NO2. The van der Waals surface area contributed by atoms with Crippen LogP contribution in [0, 0.1) is 0 Å². The largest absolute Gasteiger partial charge is 0.491 e. The molecule has 1 heterocycles. The van der Waals surface area contributed by atoms with Crippen LogP contribution < -0.4 is 0 Å². The fourth-order valence-electron chi connectivity index (χ4n) is 2.16. The summed E-state index contributed by atoms with van der Waals surface area (Å²) in [6.07, 6.45) is 5.05. The number of aliphatic imine (C=N–C) groups is 1. The van der Waals surface area contributed by atoms with Gasteiger partial charge in [-0.2, -0.15) is 0 Å². The molecule has 0 amide bonds. The van der Waals surface area contributed by atoms with Crippen molar-refractivity contribution < 1.29 is 9.47 Å². The molecule has 1 aliphatic heterocycles. The molecule has 2 unspecified atom stereocenters. The zero-order chi connectivity index (χ0) is 16.0. The molecule has 0 radical (unpaired) electrons. The number of ether oxygens (including phenoxy) is 2. The summed E-state index contributed by atoms with van der Waals surface area (Å²) in [6, 6.07) is 0.106. The topological polar surface area (TPSA) is 30.8 Å². The molecule has 1 aliphatic rings. The smallest absolute Gasteiger partial charge is 0.144 e. The van der Waals surface area contributed by atoms with E-state index in [4.69, 9.17) is 14.5 Å². The van der Waals surface area contributed by atoms with Crippen molar-refractivity contribution in [2.45, 2.75) is 67.0 Å². The fourth-order valence-corrected chi connectivity index (χ4v) is 2.16. The minimum absolute atomic E-state index is 0.0376. The van der Waals surface area contributed by atoms with Gasteiger partial charge in [0, 0.05) is 5.71 Å². The maximum Gasteiger partial charge on any atom is 0.144 e. The van der Waals surface area contributed by atoms with Gasteiger partial charge >= 0.3 is 0 Å². The summed E-state index contributed by atoms with van der Waals surface area (Å²) in [5.74, 6) is 1.78. The molecule has 21 heavy (non-hydrogen) atoms. The highest BCUT2D eigenvalue weighted by Gasteiger charge is 2.14. The second kappa shape index (κ2) is 8.06. The van der Waals surface area contributed by atoms with Gasteiger partial charge in [-0.3, -0.25) is 4.99 Å². The third-order valence-electron chi connectivity index (χ3n) is 3.42. The van der Waals surface area contributed by atoms with E-state index in [1.807, 2.05) is 33.8 Å². The number of nitrogens with zero attached hydrogens (tertiary/aromatic N) is 1. The molecule has 1 rings (SSSR count). The van der Waals surface area contributed by atoms with E-state index in [-0.39, 0.29) is 12.1 Å². The Morgan fingerprint density at radius 1 is 1.33 bits per heavy atom. The molecular weight excluding hydrogens is 262 g/mol.